The Balaban J connectivity index is 1.37. The van der Waals surface area contributed by atoms with Crippen LogP contribution >= 0.6 is 23.2 Å². The van der Waals surface area contributed by atoms with Gasteiger partial charge in [-0.2, -0.15) is 0 Å². The van der Waals surface area contributed by atoms with Crippen molar-refractivity contribution in [1.82, 2.24) is 4.90 Å². The molecule has 1 amide bonds. The summed E-state index contributed by atoms with van der Waals surface area (Å²) in [6, 6.07) is 20.7. The number of nitrogens with zero attached hydrogens (tertiary/aromatic N) is 1. The molecule has 1 aliphatic rings. The summed E-state index contributed by atoms with van der Waals surface area (Å²) in [6.07, 6.45) is 2.42. The van der Waals surface area contributed by atoms with Crippen molar-refractivity contribution in [3.05, 3.63) is 82.3 Å². The second kappa shape index (κ2) is 9.73. The molecular weight excluding hydrogens is 431 g/mol. The number of hydrogen-bond donors (Lipinski definition) is 1. The number of rotatable bonds is 5. The average molecular weight is 455 g/mol. The largest absolute Gasteiger partial charge is 0.490 e. The summed E-state index contributed by atoms with van der Waals surface area (Å²) in [7, 11) is 2.15. The average Bonchev–Trinajstić information content (AvgIpc) is 2.78. The molecule has 4 rings (SSSR count). The van der Waals surface area contributed by atoms with E-state index in [4.69, 9.17) is 27.9 Å². The van der Waals surface area contributed by atoms with Gasteiger partial charge in [-0.25, -0.2) is 0 Å². The summed E-state index contributed by atoms with van der Waals surface area (Å²) in [5, 5.41) is 3.65. The number of nitrogens with one attached hydrogen (secondary N) is 1. The summed E-state index contributed by atoms with van der Waals surface area (Å²) in [4.78, 5) is 14.8. The molecule has 1 N–H and O–H groups in total. The van der Waals surface area contributed by atoms with Crippen molar-refractivity contribution in [1.29, 1.82) is 0 Å². The van der Waals surface area contributed by atoms with Crippen molar-refractivity contribution < 1.29 is 9.53 Å². The van der Waals surface area contributed by atoms with Crippen molar-refractivity contribution >= 4 is 34.8 Å². The van der Waals surface area contributed by atoms with Crippen LogP contribution in [0.1, 0.15) is 23.2 Å². The van der Waals surface area contributed by atoms with E-state index in [9.17, 15) is 4.79 Å². The summed E-state index contributed by atoms with van der Waals surface area (Å²) < 4.78 is 6.12. The van der Waals surface area contributed by atoms with E-state index in [0.29, 0.717) is 27.4 Å². The zero-order valence-electron chi connectivity index (χ0n) is 17.3. The second-order valence-corrected chi connectivity index (χ2v) is 8.62. The van der Waals surface area contributed by atoms with Crippen LogP contribution in [0.3, 0.4) is 0 Å². The Morgan fingerprint density at radius 3 is 2.13 bits per heavy atom. The summed E-state index contributed by atoms with van der Waals surface area (Å²) >= 11 is 11.9. The fourth-order valence-electron chi connectivity index (χ4n) is 3.61. The predicted octanol–water partition coefficient (Wildman–Crippen LogP) is 6.39. The highest BCUT2D eigenvalue weighted by atomic mass is 35.5. The molecule has 1 saturated heterocycles. The predicted molar refractivity (Wildman–Crippen MR) is 127 cm³/mol. The van der Waals surface area contributed by atoms with E-state index >= 15 is 0 Å². The molecule has 0 saturated carbocycles. The van der Waals surface area contributed by atoms with E-state index < -0.39 is 0 Å². The van der Waals surface area contributed by atoms with Crippen molar-refractivity contribution in [3.8, 4) is 16.9 Å². The quantitative estimate of drug-likeness (QED) is 0.485. The molecular formula is C25H24Cl2N2O2. The van der Waals surface area contributed by atoms with Crippen LogP contribution in [0, 0.1) is 0 Å². The van der Waals surface area contributed by atoms with Crippen LogP contribution in [0.25, 0.3) is 11.1 Å². The van der Waals surface area contributed by atoms with Crippen molar-refractivity contribution in [2.45, 2.75) is 18.9 Å². The van der Waals surface area contributed by atoms with E-state index in [1.807, 2.05) is 36.4 Å². The van der Waals surface area contributed by atoms with Gasteiger partial charge in [0.15, 0.2) is 0 Å². The zero-order valence-corrected chi connectivity index (χ0v) is 18.8. The lowest BCUT2D eigenvalue weighted by atomic mass is 10.0. The highest BCUT2D eigenvalue weighted by Gasteiger charge is 2.18. The van der Waals surface area contributed by atoms with Crippen LogP contribution in [0.4, 0.5) is 5.69 Å². The molecule has 0 unspecified atom stereocenters. The second-order valence-electron chi connectivity index (χ2n) is 7.81. The van der Waals surface area contributed by atoms with Gasteiger partial charge in [-0.3, -0.25) is 4.79 Å². The van der Waals surface area contributed by atoms with Gasteiger partial charge in [0.1, 0.15) is 11.9 Å². The maximum Gasteiger partial charge on any atom is 0.255 e. The third-order valence-electron chi connectivity index (χ3n) is 5.48. The Bertz CT molecular complexity index is 1040. The van der Waals surface area contributed by atoms with Crippen LogP contribution in [-0.4, -0.2) is 37.0 Å². The first kappa shape index (κ1) is 21.7. The number of ether oxygens (including phenoxy) is 1. The lowest BCUT2D eigenvalue weighted by Crippen LogP contribution is -2.35. The lowest BCUT2D eigenvalue weighted by Gasteiger charge is -2.29. The topological polar surface area (TPSA) is 41.6 Å². The van der Waals surface area contributed by atoms with Gasteiger partial charge in [0, 0.05) is 24.3 Å². The van der Waals surface area contributed by atoms with E-state index in [0.717, 1.165) is 42.8 Å². The van der Waals surface area contributed by atoms with Gasteiger partial charge in [-0.1, -0.05) is 47.5 Å². The molecule has 0 aliphatic carbocycles. The number of amides is 1. The molecule has 0 spiro atoms. The Labute approximate surface area is 192 Å². The molecule has 0 atom stereocenters. The van der Waals surface area contributed by atoms with Gasteiger partial charge in [0.25, 0.3) is 5.91 Å². The minimum atomic E-state index is -0.235. The third kappa shape index (κ3) is 5.59. The molecule has 6 heteroatoms. The van der Waals surface area contributed by atoms with Crippen molar-refractivity contribution in [2.24, 2.45) is 0 Å². The minimum absolute atomic E-state index is 0.235. The minimum Gasteiger partial charge on any atom is -0.490 e. The number of benzene rings is 3. The van der Waals surface area contributed by atoms with Gasteiger partial charge in [0.2, 0.25) is 0 Å². The van der Waals surface area contributed by atoms with E-state index in [1.165, 1.54) is 0 Å². The fraction of sp³-hybridized carbons (Fsp3) is 0.240. The maximum atomic E-state index is 12.4. The number of piperidine rings is 1. The molecule has 3 aromatic carbocycles. The monoisotopic (exact) mass is 454 g/mol. The number of halogens is 2. The molecule has 1 heterocycles. The van der Waals surface area contributed by atoms with Crippen LogP contribution in [-0.2, 0) is 0 Å². The molecule has 4 nitrogen and oxygen atoms in total. The molecule has 1 fully saturated rings. The van der Waals surface area contributed by atoms with Crippen molar-refractivity contribution in [3.63, 3.8) is 0 Å². The molecule has 160 valence electrons. The van der Waals surface area contributed by atoms with Gasteiger partial charge < -0.3 is 15.0 Å². The van der Waals surface area contributed by atoms with Crippen molar-refractivity contribution in [2.75, 3.05) is 25.5 Å². The number of likely N-dealkylation sites (tertiary alicyclic amines) is 1. The lowest BCUT2D eigenvalue weighted by molar-refractivity contribution is 0.102. The van der Waals surface area contributed by atoms with E-state index in [1.54, 1.807) is 18.2 Å². The van der Waals surface area contributed by atoms with Gasteiger partial charge in [0.05, 0.1) is 10.0 Å². The van der Waals surface area contributed by atoms with Gasteiger partial charge >= 0.3 is 0 Å². The van der Waals surface area contributed by atoms with Gasteiger partial charge in [-0.15, -0.1) is 0 Å². The number of carbonyl (C=O) groups is 1. The fourth-order valence-corrected chi connectivity index (χ4v) is 3.91. The summed E-state index contributed by atoms with van der Waals surface area (Å²) in [6.45, 7) is 2.16. The smallest absolute Gasteiger partial charge is 0.255 e. The molecule has 0 radical (unpaired) electrons. The first-order valence-electron chi connectivity index (χ1n) is 10.3. The van der Waals surface area contributed by atoms with Crippen LogP contribution < -0.4 is 10.1 Å². The standard InChI is InChI=1S/C25H24Cl2N2O2/c1-29-14-12-22(13-15-29)31-21-9-4-18(5-10-21)17-2-7-20(8-3-17)28-25(30)19-6-11-23(26)24(27)16-19/h2-11,16,22H,12-15H2,1H3,(H,28,30). The first-order valence-corrected chi connectivity index (χ1v) is 11.1. The molecule has 3 aromatic rings. The SMILES string of the molecule is CN1CCC(Oc2ccc(-c3ccc(NC(=O)c4ccc(Cl)c(Cl)c4)cc3)cc2)CC1. The maximum absolute atomic E-state index is 12.4. The Morgan fingerprint density at radius 1 is 0.903 bits per heavy atom. The number of anilines is 1. The molecule has 0 aromatic heterocycles. The highest BCUT2D eigenvalue weighted by Crippen LogP contribution is 2.26. The third-order valence-corrected chi connectivity index (χ3v) is 6.22. The number of carbonyl (C=O) groups excluding carboxylic acids is 1. The highest BCUT2D eigenvalue weighted by molar-refractivity contribution is 6.42. The Kier molecular flexibility index (Phi) is 6.81. The van der Waals surface area contributed by atoms with Gasteiger partial charge in [-0.05, 0) is 73.5 Å². The van der Waals surface area contributed by atoms with E-state index in [2.05, 4.69) is 29.4 Å². The van der Waals surface area contributed by atoms with Crippen LogP contribution in [0.15, 0.2) is 66.7 Å². The van der Waals surface area contributed by atoms with Crippen LogP contribution in [0.2, 0.25) is 10.0 Å². The molecule has 0 bridgehead atoms. The Hall–Kier alpha value is -2.53. The summed E-state index contributed by atoms with van der Waals surface area (Å²) in [5.41, 5.74) is 3.33. The summed E-state index contributed by atoms with van der Waals surface area (Å²) in [5.74, 6) is 0.672. The Morgan fingerprint density at radius 2 is 1.52 bits per heavy atom. The van der Waals surface area contributed by atoms with Crippen LogP contribution in [0.5, 0.6) is 5.75 Å². The zero-order chi connectivity index (χ0) is 21.8. The first-order chi connectivity index (χ1) is 15.0. The van der Waals surface area contributed by atoms with E-state index in [-0.39, 0.29) is 5.91 Å². The molecule has 31 heavy (non-hydrogen) atoms. The molecule has 1 aliphatic heterocycles. The number of hydrogen-bond acceptors (Lipinski definition) is 3. The normalized spacial score (nSPS) is 14.9.